The van der Waals surface area contributed by atoms with E-state index in [0.29, 0.717) is 0 Å². The smallest absolute Gasteiger partial charge is 0.0317 e. The lowest BCUT2D eigenvalue weighted by atomic mass is 9.72. The average molecular weight is 256 g/mol. The van der Waals surface area contributed by atoms with Gasteiger partial charge >= 0.3 is 0 Å². The molecule has 104 valence electrons. The summed E-state index contributed by atoms with van der Waals surface area (Å²) in [6.07, 6.45) is 20.9. The van der Waals surface area contributed by atoms with Crippen LogP contribution >= 0.6 is 0 Å². The topological polar surface area (TPSA) is 0 Å². The Kier molecular flexibility index (Phi) is 4.85. The van der Waals surface area contributed by atoms with Gasteiger partial charge in [-0.25, -0.2) is 0 Å². The molecule has 0 saturated heterocycles. The quantitative estimate of drug-likeness (QED) is 0.568. The third-order valence-electron chi connectivity index (χ3n) is 4.74. The van der Waals surface area contributed by atoms with Crippen molar-refractivity contribution in [3.8, 4) is 0 Å². The molecule has 0 heteroatoms. The van der Waals surface area contributed by atoms with Crippen molar-refractivity contribution in [1.29, 1.82) is 0 Å². The summed E-state index contributed by atoms with van der Waals surface area (Å²) in [6.45, 7) is 6.95. The van der Waals surface area contributed by atoms with Crippen molar-refractivity contribution >= 4 is 0 Å². The number of hydrogen-bond acceptors (Lipinski definition) is 0. The molecule has 0 amide bonds. The maximum Gasteiger partial charge on any atom is 0.0317 e. The standard InChI is InChI=1S/C19H28/c1-4-5-13-19(14-9-10-15-19)18-12-8-6-7-11-16(2)17(18)3/h9-10,12,14-15H,4-8,11,13H2,1-3H3. The van der Waals surface area contributed by atoms with E-state index in [9.17, 15) is 0 Å². The summed E-state index contributed by atoms with van der Waals surface area (Å²) in [6, 6.07) is 0. The van der Waals surface area contributed by atoms with Crippen molar-refractivity contribution < 1.29 is 0 Å². The van der Waals surface area contributed by atoms with Crippen molar-refractivity contribution in [2.45, 2.75) is 65.7 Å². The first kappa shape index (κ1) is 14.4. The van der Waals surface area contributed by atoms with Gasteiger partial charge in [-0.2, -0.15) is 0 Å². The minimum atomic E-state index is 0.193. The van der Waals surface area contributed by atoms with Crippen LogP contribution in [0.3, 0.4) is 0 Å². The van der Waals surface area contributed by atoms with Crippen molar-refractivity contribution in [3.05, 3.63) is 47.1 Å². The summed E-state index contributed by atoms with van der Waals surface area (Å²) in [7, 11) is 0. The molecule has 0 radical (unpaired) electrons. The maximum atomic E-state index is 2.52. The first-order valence-electron chi connectivity index (χ1n) is 7.94. The van der Waals surface area contributed by atoms with Crippen LogP contribution < -0.4 is 0 Å². The second kappa shape index (κ2) is 6.41. The highest BCUT2D eigenvalue weighted by atomic mass is 14.3. The van der Waals surface area contributed by atoms with E-state index in [-0.39, 0.29) is 5.41 Å². The van der Waals surface area contributed by atoms with E-state index in [1.165, 1.54) is 44.9 Å². The highest BCUT2D eigenvalue weighted by Gasteiger charge is 2.31. The molecular weight excluding hydrogens is 228 g/mol. The third kappa shape index (κ3) is 3.11. The van der Waals surface area contributed by atoms with Crippen LogP contribution in [0.25, 0.3) is 0 Å². The summed E-state index contributed by atoms with van der Waals surface area (Å²) >= 11 is 0. The molecule has 0 aromatic heterocycles. The molecule has 0 aliphatic heterocycles. The summed E-state index contributed by atoms with van der Waals surface area (Å²) in [5, 5.41) is 0. The van der Waals surface area contributed by atoms with Crippen molar-refractivity contribution in [1.82, 2.24) is 0 Å². The van der Waals surface area contributed by atoms with Gasteiger partial charge in [0.05, 0.1) is 0 Å². The van der Waals surface area contributed by atoms with Crippen LogP contribution in [0.1, 0.15) is 65.7 Å². The van der Waals surface area contributed by atoms with Crippen molar-refractivity contribution in [2.24, 2.45) is 5.41 Å². The van der Waals surface area contributed by atoms with Crippen LogP contribution in [0, 0.1) is 5.41 Å². The second-order valence-corrected chi connectivity index (χ2v) is 6.13. The van der Waals surface area contributed by atoms with Gasteiger partial charge < -0.3 is 0 Å². The number of unbranched alkanes of at least 4 members (excludes halogenated alkanes) is 1. The molecule has 2 rings (SSSR count). The number of rotatable bonds is 4. The fourth-order valence-corrected chi connectivity index (χ4v) is 3.35. The highest BCUT2D eigenvalue weighted by molar-refractivity contribution is 5.48. The van der Waals surface area contributed by atoms with E-state index in [2.05, 4.69) is 51.2 Å². The average Bonchev–Trinajstić information content (AvgIpc) is 2.87. The van der Waals surface area contributed by atoms with Crippen LogP contribution in [-0.2, 0) is 0 Å². The van der Waals surface area contributed by atoms with Gasteiger partial charge in [-0.3, -0.25) is 0 Å². The van der Waals surface area contributed by atoms with Gasteiger partial charge in [0.25, 0.3) is 0 Å². The van der Waals surface area contributed by atoms with E-state index < -0.39 is 0 Å². The van der Waals surface area contributed by atoms with E-state index in [1.807, 2.05) is 0 Å². The molecule has 0 saturated carbocycles. The van der Waals surface area contributed by atoms with Gasteiger partial charge in [0.2, 0.25) is 0 Å². The van der Waals surface area contributed by atoms with Gasteiger partial charge in [0.1, 0.15) is 0 Å². The van der Waals surface area contributed by atoms with Crippen LogP contribution in [-0.4, -0.2) is 0 Å². The minimum Gasteiger partial charge on any atom is -0.0798 e. The zero-order valence-electron chi connectivity index (χ0n) is 12.8. The number of hydrogen-bond donors (Lipinski definition) is 0. The maximum absolute atomic E-state index is 2.52. The summed E-state index contributed by atoms with van der Waals surface area (Å²) in [5.41, 5.74) is 4.92. The van der Waals surface area contributed by atoms with E-state index in [1.54, 1.807) is 16.7 Å². The molecule has 0 spiro atoms. The lowest BCUT2D eigenvalue weighted by molar-refractivity contribution is 0.505. The monoisotopic (exact) mass is 256 g/mol. The van der Waals surface area contributed by atoms with E-state index in [0.717, 1.165) is 0 Å². The van der Waals surface area contributed by atoms with Gasteiger partial charge in [-0.05, 0) is 57.1 Å². The van der Waals surface area contributed by atoms with Gasteiger partial charge in [0, 0.05) is 5.41 Å². The van der Waals surface area contributed by atoms with Crippen LogP contribution in [0.15, 0.2) is 47.1 Å². The van der Waals surface area contributed by atoms with Gasteiger partial charge in [-0.1, -0.05) is 55.7 Å². The van der Waals surface area contributed by atoms with Crippen LogP contribution in [0.4, 0.5) is 0 Å². The zero-order valence-corrected chi connectivity index (χ0v) is 12.8. The van der Waals surface area contributed by atoms with Gasteiger partial charge in [-0.15, -0.1) is 0 Å². The normalized spacial score (nSPS) is 22.4. The van der Waals surface area contributed by atoms with Crippen LogP contribution in [0.2, 0.25) is 0 Å². The largest absolute Gasteiger partial charge is 0.0798 e. The molecule has 0 heterocycles. The molecule has 0 nitrogen and oxygen atoms in total. The molecule has 0 atom stereocenters. The molecule has 0 aromatic rings. The van der Waals surface area contributed by atoms with Crippen molar-refractivity contribution in [2.75, 3.05) is 0 Å². The Morgan fingerprint density at radius 3 is 2.53 bits per heavy atom. The highest BCUT2D eigenvalue weighted by Crippen LogP contribution is 2.44. The molecular formula is C19H28. The molecule has 0 bridgehead atoms. The molecule has 0 fully saturated rings. The summed E-state index contributed by atoms with van der Waals surface area (Å²) in [5.74, 6) is 0. The lowest BCUT2D eigenvalue weighted by Crippen LogP contribution is -2.19. The predicted molar refractivity (Wildman–Crippen MR) is 85.2 cm³/mol. The zero-order chi connectivity index (χ0) is 13.7. The summed E-state index contributed by atoms with van der Waals surface area (Å²) in [4.78, 5) is 0. The van der Waals surface area contributed by atoms with Crippen LogP contribution in [0.5, 0.6) is 0 Å². The fourth-order valence-electron chi connectivity index (χ4n) is 3.35. The fraction of sp³-hybridized carbons (Fsp3) is 0.579. The molecule has 2 aliphatic carbocycles. The Bertz CT molecular complexity index is 417. The summed E-state index contributed by atoms with van der Waals surface area (Å²) < 4.78 is 0. The Hall–Kier alpha value is -1.04. The molecule has 2 aliphatic rings. The first-order chi connectivity index (χ1) is 9.19. The first-order valence-corrected chi connectivity index (χ1v) is 7.94. The van der Waals surface area contributed by atoms with E-state index >= 15 is 0 Å². The van der Waals surface area contributed by atoms with E-state index in [4.69, 9.17) is 0 Å². The molecule has 0 unspecified atom stereocenters. The Morgan fingerprint density at radius 2 is 1.84 bits per heavy atom. The molecule has 19 heavy (non-hydrogen) atoms. The Labute approximate surface area is 119 Å². The van der Waals surface area contributed by atoms with Crippen molar-refractivity contribution in [3.63, 3.8) is 0 Å². The Balaban J connectivity index is 2.36. The minimum absolute atomic E-state index is 0.193. The lowest BCUT2D eigenvalue weighted by Gasteiger charge is -2.32. The predicted octanol–water partition coefficient (Wildman–Crippen LogP) is 6.13. The molecule has 0 aromatic carbocycles. The third-order valence-corrected chi connectivity index (χ3v) is 4.74. The Morgan fingerprint density at radius 1 is 1.11 bits per heavy atom. The number of allylic oxidation sites excluding steroid dienone is 8. The second-order valence-electron chi connectivity index (χ2n) is 6.13. The van der Waals surface area contributed by atoms with Gasteiger partial charge in [0.15, 0.2) is 0 Å². The SMILES string of the molecule is CCCCC1(C2=CCCCCC(C)=C2C)C=CC=C1. The molecule has 0 N–H and O–H groups in total.